The van der Waals surface area contributed by atoms with E-state index < -0.39 is 12.8 Å². The zero-order valence-corrected chi connectivity index (χ0v) is 11.6. The van der Waals surface area contributed by atoms with Crippen LogP contribution in [0.1, 0.15) is 32.1 Å². The summed E-state index contributed by atoms with van der Waals surface area (Å²) in [5.74, 6) is 0.154. The van der Waals surface area contributed by atoms with E-state index in [1.54, 1.807) is 12.1 Å². The number of carbonyl (C=O) groups excluding carboxylic acids is 1. The van der Waals surface area contributed by atoms with Crippen molar-refractivity contribution in [3.63, 3.8) is 0 Å². The van der Waals surface area contributed by atoms with Gasteiger partial charge in [-0.05, 0) is 37.1 Å². The van der Waals surface area contributed by atoms with Crippen LogP contribution in [0.2, 0.25) is 0 Å². The van der Waals surface area contributed by atoms with Crippen molar-refractivity contribution >= 4 is 11.6 Å². The fraction of sp³-hybridized carbons (Fsp3) is 0.533. The Kier molecular flexibility index (Phi) is 5.09. The van der Waals surface area contributed by atoms with Crippen LogP contribution in [0.25, 0.3) is 0 Å². The molecule has 1 saturated carbocycles. The first-order valence-electron chi connectivity index (χ1n) is 7.04. The summed E-state index contributed by atoms with van der Waals surface area (Å²) in [6, 6.07) is 5.93. The van der Waals surface area contributed by atoms with Gasteiger partial charge in [-0.15, -0.1) is 0 Å². The summed E-state index contributed by atoms with van der Waals surface area (Å²) in [5.41, 5.74) is 0.574. The van der Waals surface area contributed by atoms with Crippen LogP contribution >= 0.6 is 0 Å². The Hall–Kier alpha value is -1.72. The Balaban J connectivity index is 1.85. The third-order valence-electron chi connectivity index (χ3n) is 3.50. The first-order valence-corrected chi connectivity index (χ1v) is 7.04. The van der Waals surface area contributed by atoms with Gasteiger partial charge in [0.05, 0.1) is 0 Å². The molecule has 1 amide bonds. The number of amides is 1. The van der Waals surface area contributed by atoms with Crippen LogP contribution < -0.4 is 10.1 Å². The molecule has 1 aromatic carbocycles. The van der Waals surface area contributed by atoms with Gasteiger partial charge in [-0.3, -0.25) is 4.79 Å². The van der Waals surface area contributed by atoms with Gasteiger partial charge in [-0.1, -0.05) is 19.3 Å². The highest BCUT2D eigenvalue weighted by Gasteiger charge is 2.28. The summed E-state index contributed by atoms with van der Waals surface area (Å²) in [5, 5.41) is 2.79. The highest BCUT2D eigenvalue weighted by Crippen LogP contribution is 2.25. The SMILES string of the molecule is O=C(Nc1ccc(OCC(F)(F)F)cc1)C1CCCCC1. The molecular formula is C15H18F3NO2. The molecule has 0 bridgehead atoms. The molecule has 0 aromatic heterocycles. The van der Waals surface area contributed by atoms with Crippen LogP contribution in [0, 0.1) is 5.92 Å². The molecule has 21 heavy (non-hydrogen) atoms. The summed E-state index contributed by atoms with van der Waals surface area (Å²) in [6.45, 7) is -1.32. The molecule has 0 atom stereocenters. The van der Waals surface area contributed by atoms with Crippen molar-refractivity contribution in [1.29, 1.82) is 0 Å². The van der Waals surface area contributed by atoms with Gasteiger partial charge in [-0.25, -0.2) is 0 Å². The molecule has 0 radical (unpaired) electrons. The summed E-state index contributed by atoms with van der Waals surface area (Å²) in [7, 11) is 0. The quantitative estimate of drug-likeness (QED) is 0.907. The lowest BCUT2D eigenvalue weighted by Crippen LogP contribution is -2.24. The molecule has 1 aromatic rings. The molecule has 1 aliphatic rings. The normalized spacial score (nSPS) is 16.5. The number of ether oxygens (including phenoxy) is 1. The Morgan fingerprint density at radius 3 is 2.33 bits per heavy atom. The van der Waals surface area contributed by atoms with Gasteiger partial charge >= 0.3 is 6.18 Å². The Morgan fingerprint density at radius 1 is 1.14 bits per heavy atom. The van der Waals surface area contributed by atoms with E-state index in [1.807, 2.05) is 0 Å². The zero-order valence-electron chi connectivity index (χ0n) is 11.6. The van der Waals surface area contributed by atoms with Crippen molar-refractivity contribution in [2.75, 3.05) is 11.9 Å². The monoisotopic (exact) mass is 301 g/mol. The maximum atomic E-state index is 12.0. The Labute approximate surface area is 121 Å². The molecule has 116 valence electrons. The average Bonchev–Trinajstić information content (AvgIpc) is 2.46. The molecule has 0 spiro atoms. The van der Waals surface area contributed by atoms with Gasteiger partial charge in [0.15, 0.2) is 6.61 Å². The van der Waals surface area contributed by atoms with E-state index in [4.69, 9.17) is 0 Å². The second kappa shape index (κ2) is 6.83. The third-order valence-corrected chi connectivity index (χ3v) is 3.50. The summed E-state index contributed by atoms with van der Waals surface area (Å²) in [4.78, 5) is 12.0. The standard InChI is InChI=1S/C15H18F3NO2/c16-15(17,18)10-21-13-8-6-12(7-9-13)19-14(20)11-4-2-1-3-5-11/h6-9,11H,1-5,10H2,(H,19,20). The summed E-state index contributed by atoms with van der Waals surface area (Å²) >= 11 is 0. The van der Waals surface area contributed by atoms with Crippen molar-refractivity contribution in [1.82, 2.24) is 0 Å². The largest absolute Gasteiger partial charge is 0.484 e. The molecule has 0 saturated heterocycles. The average molecular weight is 301 g/mol. The summed E-state index contributed by atoms with van der Waals surface area (Å²) < 4.78 is 40.7. The topological polar surface area (TPSA) is 38.3 Å². The number of anilines is 1. The van der Waals surface area contributed by atoms with Crippen LogP contribution in [0.15, 0.2) is 24.3 Å². The van der Waals surface area contributed by atoms with Gasteiger partial charge in [0, 0.05) is 11.6 Å². The first kappa shape index (κ1) is 15.7. The van der Waals surface area contributed by atoms with Crippen LogP contribution in [-0.4, -0.2) is 18.7 Å². The van der Waals surface area contributed by atoms with Crippen LogP contribution in [0.3, 0.4) is 0 Å². The van der Waals surface area contributed by atoms with Crippen molar-refractivity contribution < 1.29 is 22.7 Å². The number of alkyl halides is 3. The number of hydrogen-bond acceptors (Lipinski definition) is 2. The van der Waals surface area contributed by atoms with E-state index in [0.29, 0.717) is 5.69 Å². The number of rotatable bonds is 4. The predicted molar refractivity (Wildman–Crippen MR) is 73.2 cm³/mol. The van der Waals surface area contributed by atoms with Crippen molar-refractivity contribution in [2.45, 2.75) is 38.3 Å². The van der Waals surface area contributed by atoms with Crippen LogP contribution in [-0.2, 0) is 4.79 Å². The Morgan fingerprint density at radius 2 is 1.76 bits per heavy atom. The molecule has 1 aliphatic carbocycles. The summed E-state index contributed by atoms with van der Waals surface area (Å²) in [6.07, 6.45) is 0.769. The highest BCUT2D eigenvalue weighted by molar-refractivity contribution is 5.92. The fourth-order valence-electron chi connectivity index (χ4n) is 2.41. The van der Waals surface area contributed by atoms with Crippen molar-refractivity contribution in [3.05, 3.63) is 24.3 Å². The van der Waals surface area contributed by atoms with E-state index in [9.17, 15) is 18.0 Å². The third kappa shape index (κ3) is 5.28. The first-order chi connectivity index (χ1) is 9.94. The van der Waals surface area contributed by atoms with Crippen molar-refractivity contribution in [3.8, 4) is 5.75 Å². The van der Waals surface area contributed by atoms with Gasteiger partial charge < -0.3 is 10.1 Å². The lowest BCUT2D eigenvalue weighted by Gasteiger charge is -2.20. The molecular weight excluding hydrogens is 283 g/mol. The van der Waals surface area contributed by atoms with Crippen LogP contribution in [0.5, 0.6) is 5.75 Å². The number of benzene rings is 1. The second-order valence-corrected chi connectivity index (χ2v) is 5.25. The minimum Gasteiger partial charge on any atom is -0.484 e. The fourth-order valence-corrected chi connectivity index (χ4v) is 2.41. The predicted octanol–water partition coefficient (Wildman–Crippen LogP) is 4.15. The number of halogens is 3. The molecule has 2 rings (SSSR count). The minimum absolute atomic E-state index is 0.0151. The van der Waals surface area contributed by atoms with Crippen molar-refractivity contribution in [2.24, 2.45) is 5.92 Å². The van der Waals surface area contributed by atoms with E-state index in [1.165, 1.54) is 18.6 Å². The van der Waals surface area contributed by atoms with E-state index in [0.717, 1.165) is 25.7 Å². The zero-order chi connectivity index (χ0) is 15.3. The van der Waals surface area contributed by atoms with E-state index >= 15 is 0 Å². The maximum Gasteiger partial charge on any atom is 0.422 e. The maximum absolute atomic E-state index is 12.0. The lowest BCUT2D eigenvalue weighted by molar-refractivity contribution is -0.153. The van der Waals surface area contributed by atoms with Crippen LogP contribution in [0.4, 0.5) is 18.9 Å². The van der Waals surface area contributed by atoms with Gasteiger partial charge in [-0.2, -0.15) is 13.2 Å². The highest BCUT2D eigenvalue weighted by atomic mass is 19.4. The number of hydrogen-bond donors (Lipinski definition) is 1. The molecule has 1 N–H and O–H groups in total. The number of carbonyl (C=O) groups is 1. The van der Waals surface area contributed by atoms with E-state index in [2.05, 4.69) is 10.1 Å². The number of nitrogens with one attached hydrogen (secondary N) is 1. The smallest absolute Gasteiger partial charge is 0.422 e. The van der Waals surface area contributed by atoms with E-state index in [-0.39, 0.29) is 17.6 Å². The van der Waals surface area contributed by atoms with Gasteiger partial charge in [0.2, 0.25) is 5.91 Å². The second-order valence-electron chi connectivity index (χ2n) is 5.25. The molecule has 3 nitrogen and oxygen atoms in total. The van der Waals surface area contributed by atoms with Gasteiger partial charge in [0.1, 0.15) is 5.75 Å². The Bertz CT molecular complexity index is 465. The molecule has 0 aliphatic heterocycles. The molecule has 6 heteroatoms. The molecule has 0 unspecified atom stereocenters. The molecule has 0 heterocycles. The lowest BCUT2D eigenvalue weighted by atomic mass is 9.88. The van der Waals surface area contributed by atoms with Gasteiger partial charge in [0.25, 0.3) is 0 Å². The minimum atomic E-state index is -4.35. The molecule has 1 fully saturated rings.